The molecule has 0 saturated heterocycles. The molecule has 2 aromatic rings. The van der Waals surface area contributed by atoms with Gasteiger partial charge < -0.3 is 10.6 Å². The second kappa shape index (κ2) is 5.86. The Balaban J connectivity index is 1.82. The number of nitrogens with zero attached hydrogens (tertiary/aromatic N) is 1. The van der Waals surface area contributed by atoms with Crippen molar-refractivity contribution < 1.29 is 4.79 Å². The van der Waals surface area contributed by atoms with Gasteiger partial charge >= 0.3 is 0 Å². The number of fused-ring (bicyclic) bond motifs is 1. The Hall–Kier alpha value is -1.87. The van der Waals surface area contributed by atoms with Crippen LogP contribution in [0, 0.1) is 5.92 Å². The van der Waals surface area contributed by atoms with Gasteiger partial charge in [-0.05, 0) is 35.2 Å². The van der Waals surface area contributed by atoms with Crippen LogP contribution < -0.4 is 5.73 Å². The molecule has 0 bridgehead atoms. The highest BCUT2D eigenvalue weighted by atomic mass is 16.2. The van der Waals surface area contributed by atoms with Crippen molar-refractivity contribution in [2.24, 2.45) is 11.7 Å². The van der Waals surface area contributed by atoms with Gasteiger partial charge in [0, 0.05) is 25.0 Å². The summed E-state index contributed by atoms with van der Waals surface area (Å²) < 4.78 is 0. The van der Waals surface area contributed by atoms with Crippen LogP contribution in [0.1, 0.15) is 25.3 Å². The maximum Gasteiger partial charge on any atom is 0.227 e. The van der Waals surface area contributed by atoms with E-state index in [4.69, 9.17) is 5.73 Å². The molecule has 3 rings (SSSR count). The van der Waals surface area contributed by atoms with Gasteiger partial charge in [0.25, 0.3) is 0 Å². The molecule has 1 aliphatic rings. The van der Waals surface area contributed by atoms with Crippen LogP contribution in [0.25, 0.3) is 10.8 Å². The molecule has 0 aromatic heterocycles. The quantitative estimate of drug-likeness (QED) is 0.916. The Bertz CT molecular complexity index is 648. The number of hydrogen-bond acceptors (Lipinski definition) is 2. The number of carbonyl (C=O) groups is 1. The molecule has 0 spiro atoms. The second-order valence-electron chi connectivity index (χ2n) is 6.02. The molecular weight excluding hydrogens is 260 g/mol. The fraction of sp³-hybridized carbons (Fsp3) is 0.389. The van der Waals surface area contributed by atoms with Crippen molar-refractivity contribution in [3.63, 3.8) is 0 Å². The van der Waals surface area contributed by atoms with Gasteiger partial charge in [-0.25, -0.2) is 0 Å². The van der Waals surface area contributed by atoms with Crippen LogP contribution in [0.4, 0.5) is 0 Å². The molecule has 2 aromatic carbocycles. The molecule has 110 valence electrons. The highest BCUT2D eigenvalue weighted by Crippen LogP contribution is 2.30. The van der Waals surface area contributed by atoms with Gasteiger partial charge in [0.2, 0.25) is 5.91 Å². The normalized spacial score (nSPS) is 15.9. The zero-order valence-corrected chi connectivity index (χ0v) is 12.5. The lowest BCUT2D eigenvalue weighted by atomic mass is 10.1. The molecule has 1 atom stereocenters. The lowest BCUT2D eigenvalue weighted by molar-refractivity contribution is -0.135. The molecule has 1 aliphatic carbocycles. The van der Waals surface area contributed by atoms with Crippen LogP contribution in [0.5, 0.6) is 0 Å². The van der Waals surface area contributed by atoms with Gasteiger partial charge in [-0.3, -0.25) is 4.79 Å². The minimum atomic E-state index is -0.0916. The highest BCUT2D eigenvalue weighted by molar-refractivity contribution is 5.83. The van der Waals surface area contributed by atoms with Crippen molar-refractivity contribution in [1.82, 2.24) is 4.90 Å². The smallest absolute Gasteiger partial charge is 0.227 e. The van der Waals surface area contributed by atoms with E-state index in [2.05, 4.69) is 30.3 Å². The third kappa shape index (κ3) is 3.08. The minimum absolute atomic E-state index is 0.0916. The fourth-order valence-corrected chi connectivity index (χ4v) is 2.69. The summed E-state index contributed by atoms with van der Waals surface area (Å²) in [4.78, 5) is 14.5. The molecule has 0 heterocycles. The Morgan fingerprint density at radius 2 is 1.95 bits per heavy atom. The average Bonchev–Trinajstić information content (AvgIpc) is 3.35. The van der Waals surface area contributed by atoms with Crippen LogP contribution in [-0.2, 0) is 11.3 Å². The standard InChI is InChI=1S/C18H22N2O/c1-13(11-19)18(21)20(17-8-9-17)12-14-6-7-15-4-2-3-5-16(15)10-14/h2-7,10,13,17H,8-9,11-12,19H2,1H3. The van der Waals surface area contributed by atoms with E-state index in [9.17, 15) is 4.79 Å². The van der Waals surface area contributed by atoms with Gasteiger partial charge in [-0.2, -0.15) is 0 Å². The number of rotatable bonds is 5. The Morgan fingerprint density at radius 1 is 1.24 bits per heavy atom. The van der Waals surface area contributed by atoms with Gasteiger partial charge in [-0.15, -0.1) is 0 Å². The maximum absolute atomic E-state index is 12.5. The minimum Gasteiger partial charge on any atom is -0.335 e. The predicted octanol–water partition coefficient (Wildman–Crippen LogP) is 2.93. The summed E-state index contributed by atoms with van der Waals surface area (Å²) >= 11 is 0. The first-order valence-corrected chi connectivity index (χ1v) is 7.67. The van der Waals surface area contributed by atoms with Crippen LogP contribution in [0.3, 0.4) is 0 Å². The number of nitrogens with two attached hydrogens (primary N) is 1. The molecule has 1 amide bonds. The van der Waals surface area contributed by atoms with Gasteiger partial charge in [-0.1, -0.05) is 43.3 Å². The summed E-state index contributed by atoms with van der Waals surface area (Å²) in [6, 6.07) is 15.2. The SMILES string of the molecule is CC(CN)C(=O)N(Cc1ccc2ccccc2c1)C1CC1. The van der Waals surface area contributed by atoms with E-state index < -0.39 is 0 Å². The highest BCUT2D eigenvalue weighted by Gasteiger charge is 2.34. The summed E-state index contributed by atoms with van der Waals surface area (Å²) in [5.74, 6) is 0.0965. The third-order valence-corrected chi connectivity index (χ3v) is 4.21. The largest absolute Gasteiger partial charge is 0.335 e. The van der Waals surface area contributed by atoms with E-state index in [1.165, 1.54) is 16.3 Å². The van der Waals surface area contributed by atoms with Crippen LogP contribution in [0.2, 0.25) is 0 Å². The molecule has 1 unspecified atom stereocenters. The van der Waals surface area contributed by atoms with E-state index in [1.54, 1.807) is 0 Å². The molecule has 2 N–H and O–H groups in total. The van der Waals surface area contributed by atoms with Gasteiger partial charge in [0.1, 0.15) is 0 Å². The van der Waals surface area contributed by atoms with Crippen LogP contribution >= 0.6 is 0 Å². The van der Waals surface area contributed by atoms with E-state index >= 15 is 0 Å². The van der Waals surface area contributed by atoms with E-state index in [0.29, 0.717) is 19.1 Å². The zero-order valence-electron chi connectivity index (χ0n) is 12.5. The van der Waals surface area contributed by atoms with Crippen molar-refractivity contribution in [3.05, 3.63) is 48.0 Å². The molecule has 1 fully saturated rings. The average molecular weight is 282 g/mol. The number of amides is 1. The summed E-state index contributed by atoms with van der Waals surface area (Å²) in [6.07, 6.45) is 2.24. The first-order chi connectivity index (χ1) is 10.2. The lowest BCUT2D eigenvalue weighted by Gasteiger charge is -2.25. The van der Waals surface area contributed by atoms with Crippen molar-refractivity contribution in [2.45, 2.75) is 32.4 Å². The first-order valence-electron chi connectivity index (χ1n) is 7.67. The van der Waals surface area contributed by atoms with Crippen molar-refractivity contribution in [1.29, 1.82) is 0 Å². The number of carbonyl (C=O) groups excluding carboxylic acids is 1. The van der Waals surface area contributed by atoms with Crippen molar-refractivity contribution >= 4 is 16.7 Å². The monoisotopic (exact) mass is 282 g/mol. The Kier molecular flexibility index (Phi) is 3.93. The third-order valence-electron chi connectivity index (χ3n) is 4.21. The predicted molar refractivity (Wildman–Crippen MR) is 85.7 cm³/mol. The first kappa shape index (κ1) is 14.1. The van der Waals surface area contributed by atoms with E-state index in [1.807, 2.05) is 24.0 Å². The van der Waals surface area contributed by atoms with Crippen LogP contribution in [-0.4, -0.2) is 23.4 Å². The molecule has 3 heteroatoms. The number of benzene rings is 2. The molecule has 1 saturated carbocycles. The van der Waals surface area contributed by atoms with Crippen LogP contribution in [0.15, 0.2) is 42.5 Å². The lowest BCUT2D eigenvalue weighted by Crippen LogP contribution is -2.38. The summed E-state index contributed by atoms with van der Waals surface area (Å²) in [5, 5.41) is 2.46. The molecule has 3 nitrogen and oxygen atoms in total. The molecule has 0 aliphatic heterocycles. The fourth-order valence-electron chi connectivity index (χ4n) is 2.69. The van der Waals surface area contributed by atoms with Crippen molar-refractivity contribution in [2.75, 3.05) is 6.54 Å². The maximum atomic E-state index is 12.5. The Labute approximate surface area is 125 Å². The van der Waals surface area contributed by atoms with Gasteiger partial charge in [0.15, 0.2) is 0 Å². The molecular formula is C18H22N2O. The molecule has 0 radical (unpaired) electrons. The second-order valence-corrected chi connectivity index (χ2v) is 6.02. The van der Waals surface area contributed by atoms with Crippen molar-refractivity contribution in [3.8, 4) is 0 Å². The van der Waals surface area contributed by atoms with E-state index in [-0.39, 0.29) is 11.8 Å². The number of hydrogen-bond donors (Lipinski definition) is 1. The van der Waals surface area contributed by atoms with Gasteiger partial charge in [0.05, 0.1) is 0 Å². The van der Waals surface area contributed by atoms with E-state index in [0.717, 1.165) is 12.8 Å². The Morgan fingerprint density at radius 3 is 2.62 bits per heavy atom. The summed E-state index contributed by atoms with van der Waals surface area (Å²) in [6.45, 7) is 3.02. The zero-order chi connectivity index (χ0) is 14.8. The summed E-state index contributed by atoms with van der Waals surface area (Å²) in [5.41, 5.74) is 6.84. The summed E-state index contributed by atoms with van der Waals surface area (Å²) in [7, 11) is 0. The molecule has 21 heavy (non-hydrogen) atoms. The topological polar surface area (TPSA) is 46.3 Å².